The number of carbonyl (C=O) groups excluding carboxylic acids is 4. The van der Waals surface area contributed by atoms with Gasteiger partial charge >= 0.3 is 18.3 Å². The van der Waals surface area contributed by atoms with Crippen molar-refractivity contribution in [1.29, 1.82) is 0 Å². The van der Waals surface area contributed by atoms with Crippen LogP contribution in [0.1, 0.15) is 72.7 Å². The third-order valence-corrected chi connectivity index (χ3v) is 9.32. The maximum absolute atomic E-state index is 14.4. The summed E-state index contributed by atoms with van der Waals surface area (Å²) in [5, 5.41) is 0.421. The van der Waals surface area contributed by atoms with Crippen LogP contribution in [0.4, 0.5) is 18.8 Å². The Balaban J connectivity index is 1.81. The second-order valence-electron chi connectivity index (χ2n) is 15.0. The summed E-state index contributed by atoms with van der Waals surface area (Å²) >= 11 is 0. The summed E-state index contributed by atoms with van der Waals surface area (Å²) in [7, 11) is -3.19. The van der Waals surface area contributed by atoms with Gasteiger partial charge in [0.2, 0.25) is 10.0 Å². The zero-order chi connectivity index (χ0) is 37.6. The van der Waals surface area contributed by atoms with Crippen LogP contribution in [0.15, 0.2) is 47.5 Å². The molecule has 4 rings (SSSR count). The average molecular weight is 717 g/mol. The van der Waals surface area contributed by atoms with Crippen LogP contribution in [-0.2, 0) is 24.2 Å². The predicted molar refractivity (Wildman–Crippen MR) is 184 cm³/mol. The highest BCUT2D eigenvalue weighted by atomic mass is 32.2. The Labute approximate surface area is 291 Å². The molecule has 0 N–H and O–H groups in total. The molecule has 0 bridgehead atoms. The molecule has 1 aliphatic rings. The Hall–Kier alpha value is -4.50. The van der Waals surface area contributed by atoms with Gasteiger partial charge in [-0.15, -0.1) is 0 Å². The Morgan fingerprint density at radius 1 is 0.760 bits per heavy atom. The number of piperazine rings is 1. The van der Waals surface area contributed by atoms with E-state index in [2.05, 4.69) is 0 Å². The Morgan fingerprint density at radius 3 is 1.88 bits per heavy atom. The molecular formula is C35H45FN4O9S. The van der Waals surface area contributed by atoms with Crippen molar-refractivity contribution in [1.82, 2.24) is 18.7 Å². The Bertz CT molecular complexity index is 1930. The number of carbonyl (C=O) groups is 4. The maximum Gasteiger partial charge on any atom is 0.419 e. The van der Waals surface area contributed by atoms with E-state index in [-0.39, 0.29) is 42.2 Å². The van der Waals surface area contributed by atoms with Gasteiger partial charge in [-0.05, 0) is 98.2 Å². The Kier molecular flexibility index (Phi) is 10.5. The van der Waals surface area contributed by atoms with Crippen molar-refractivity contribution >= 4 is 45.1 Å². The number of aromatic nitrogens is 1. The maximum atomic E-state index is 14.4. The number of halogens is 1. The standard InChI is InChI=1S/C35H45FN4O9S/c1-33(2,3)47-30(42)37(10)29(41)25-19-22(26-21-40(32(44)49-35(7,8)9)27-20-23(36)12-13-24(26)27)11-14-28(25)50(45,46)39-17-15-38(16-18-39)31(43)48-34(4,5)6/h11-14,19-21H,15-18H2,1-10H3. The summed E-state index contributed by atoms with van der Waals surface area (Å²) in [5.74, 6) is -1.57. The van der Waals surface area contributed by atoms with E-state index in [1.807, 2.05) is 0 Å². The van der Waals surface area contributed by atoms with Gasteiger partial charge in [0.25, 0.3) is 5.91 Å². The van der Waals surface area contributed by atoms with Gasteiger partial charge in [-0.25, -0.2) is 32.1 Å². The molecule has 15 heteroatoms. The quantitative estimate of drug-likeness (QED) is 0.277. The van der Waals surface area contributed by atoms with Gasteiger partial charge in [0.15, 0.2) is 0 Å². The monoisotopic (exact) mass is 716 g/mol. The van der Waals surface area contributed by atoms with Gasteiger partial charge in [0.1, 0.15) is 22.6 Å². The minimum atomic E-state index is -4.37. The first-order valence-electron chi connectivity index (χ1n) is 16.1. The van der Waals surface area contributed by atoms with E-state index in [9.17, 15) is 32.0 Å². The fraction of sp³-hybridized carbons (Fsp3) is 0.486. The number of nitrogens with zero attached hydrogens (tertiary/aromatic N) is 4. The van der Waals surface area contributed by atoms with Crippen molar-refractivity contribution in [3.63, 3.8) is 0 Å². The summed E-state index contributed by atoms with van der Waals surface area (Å²) in [4.78, 5) is 54.5. The van der Waals surface area contributed by atoms with E-state index in [0.717, 1.165) is 8.87 Å². The van der Waals surface area contributed by atoms with Crippen LogP contribution in [0.25, 0.3) is 22.0 Å². The van der Waals surface area contributed by atoms with Crippen molar-refractivity contribution in [3.8, 4) is 11.1 Å². The molecule has 1 fully saturated rings. The van der Waals surface area contributed by atoms with E-state index in [4.69, 9.17) is 14.2 Å². The minimum Gasteiger partial charge on any atom is -0.444 e. The molecule has 2 aromatic carbocycles. The van der Waals surface area contributed by atoms with Crippen LogP contribution < -0.4 is 0 Å². The van der Waals surface area contributed by atoms with Crippen LogP contribution in [0, 0.1) is 5.82 Å². The summed E-state index contributed by atoms with van der Waals surface area (Å²) in [6, 6.07) is 7.87. The lowest BCUT2D eigenvalue weighted by Gasteiger charge is -2.35. The normalized spacial score (nSPS) is 14.7. The highest BCUT2D eigenvalue weighted by molar-refractivity contribution is 7.89. The minimum absolute atomic E-state index is 0.0497. The molecule has 0 atom stereocenters. The number of benzene rings is 2. The van der Waals surface area contributed by atoms with E-state index >= 15 is 0 Å². The number of fused-ring (bicyclic) bond motifs is 1. The predicted octanol–water partition coefficient (Wildman–Crippen LogP) is 6.48. The number of sulfonamides is 1. The van der Waals surface area contributed by atoms with Crippen LogP contribution in [0.5, 0.6) is 0 Å². The largest absolute Gasteiger partial charge is 0.444 e. The van der Waals surface area contributed by atoms with Crippen LogP contribution in [0.2, 0.25) is 0 Å². The molecule has 0 radical (unpaired) electrons. The molecule has 1 aromatic heterocycles. The average Bonchev–Trinajstić information content (AvgIpc) is 3.36. The summed E-state index contributed by atoms with van der Waals surface area (Å²) in [5.41, 5.74) is -2.02. The number of hydrogen-bond acceptors (Lipinski definition) is 9. The van der Waals surface area contributed by atoms with Crippen molar-refractivity contribution in [2.24, 2.45) is 0 Å². The van der Waals surface area contributed by atoms with Crippen molar-refractivity contribution in [2.75, 3.05) is 33.2 Å². The Morgan fingerprint density at radius 2 is 1.32 bits per heavy atom. The molecule has 50 heavy (non-hydrogen) atoms. The van der Waals surface area contributed by atoms with E-state index in [0.29, 0.717) is 21.4 Å². The zero-order valence-electron chi connectivity index (χ0n) is 30.1. The lowest BCUT2D eigenvalue weighted by atomic mass is 10.0. The third-order valence-electron chi connectivity index (χ3n) is 7.36. The third kappa shape index (κ3) is 8.80. The number of hydrogen-bond donors (Lipinski definition) is 0. The molecule has 1 aliphatic heterocycles. The molecule has 2 heterocycles. The van der Waals surface area contributed by atoms with Gasteiger partial charge < -0.3 is 19.1 Å². The van der Waals surface area contributed by atoms with Crippen LogP contribution >= 0.6 is 0 Å². The second kappa shape index (κ2) is 13.7. The first-order valence-corrected chi connectivity index (χ1v) is 17.5. The fourth-order valence-corrected chi connectivity index (χ4v) is 6.74. The highest BCUT2D eigenvalue weighted by Crippen LogP contribution is 2.35. The van der Waals surface area contributed by atoms with E-state index in [1.54, 1.807) is 62.3 Å². The van der Waals surface area contributed by atoms with Crippen molar-refractivity contribution in [2.45, 2.75) is 84.0 Å². The van der Waals surface area contributed by atoms with Crippen LogP contribution in [0.3, 0.4) is 0 Å². The molecule has 13 nitrogen and oxygen atoms in total. The number of amides is 3. The first-order chi connectivity index (χ1) is 22.9. The topological polar surface area (TPSA) is 145 Å². The molecule has 272 valence electrons. The van der Waals surface area contributed by atoms with Crippen LogP contribution in [-0.4, -0.2) is 101 Å². The van der Waals surface area contributed by atoms with Gasteiger partial charge in [-0.2, -0.15) is 4.31 Å². The van der Waals surface area contributed by atoms with Gasteiger partial charge in [-0.3, -0.25) is 9.36 Å². The van der Waals surface area contributed by atoms with Gasteiger partial charge in [0.05, 0.1) is 16.0 Å². The SMILES string of the molecule is CN(C(=O)OC(C)(C)C)C(=O)c1cc(-c2cn(C(=O)OC(C)(C)C)c3cc(F)ccc23)ccc1S(=O)(=O)N1CCN(C(=O)OC(C)(C)C)CC1. The fourth-order valence-electron chi connectivity index (χ4n) is 5.15. The first kappa shape index (κ1) is 38.3. The molecular weight excluding hydrogens is 671 g/mol. The van der Waals surface area contributed by atoms with Crippen molar-refractivity contribution < 1.29 is 46.2 Å². The highest BCUT2D eigenvalue weighted by Gasteiger charge is 2.36. The molecule has 0 saturated carbocycles. The van der Waals surface area contributed by atoms with Gasteiger partial charge in [0, 0.05) is 50.4 Å². The molecule has 3 aromatic rings. The summed E-state index contributed by atoms with van der Waals surface area (Å²) in [6.45, 7) is 15.1. The smallest absolute Gasteiger partial charge is 0.419 e. The number of rotatable bonds is 4. The molecule has 0 unspecified atom stereocenters. The summed E-state index contributed by atoms with van der Waals surface area (Å²) < 4.78 is 61.4. The van der Waals surface area contributed by atoms with E-state index < -0.39 is 56.8 Å². The molecule has 1 saturated heterocycles. The number of ether oxygens (including phenoxy) is 3. The lowest BCUT2D eigenvalue weighted by Crippen LogP contribution is -2.51. The molecule has 0 aliphatic carbocycles. The lowest BCUT2D eigenvalue weighted by molar-refractivity contribution is 0.0191. The summed E-state index contributed by atoms with van der Waals surface area (Å²) in [6.07, 6.45) is -0.924. The zero-order valence-corrected chi connectivity index (χ0v) is 30.9. The molecule has 0 spiro atoms. The number of imide groups is 1. The second-order valence-corrected chi connectivity index (χ2v) is 16.9. The van der Waals surface area contributed by atoms with Gasteiger partial charge in [-0.1, -0.05) is 6.07 Å². The van der Waals surface area contributed by atoms with E-state index in [1.165, 1.54) is 54.5 Å². The van der Waals surface area contributed by atoms with Crippen molar-refractivity contribution in [3.05, 3.63) is 54.0 Å². The molecule has 3 amide bonds.